The average molecular weight is 264 g/mol. The highest BCUT2D eigenvalue weighted by atomic mass is 16.5. The van der Waals surface area contributed by atoms with E-state index in [2.05, 4.69) is 11.3 Å². The van der Waals surface area contributed by atoms with Crippen molar-refractivity contribution in [3.05, 3.63) is 47.5 Å². The molecular weight excluding hydrogens is 248 g/mol. The number of benzene rings is 1. The monoisotopic (exact) mass is 264 g/mol. The summed E-state index contributed by atoms with van der Waals surface area (Å²) in [5, 5.41) is 9.96. The van der Waals surface area contributed by atoms with Crippen molar-refractivity contribution in [2.24, 2.45) is 0 Å². The maximum atomic E-state index is 11.4. The van der Waals surface area contributed by atoms with Gasteiger partial charge in [-0.3, -0.25) is 0 Å². The Bertz CT molecular complexity index is 475. The van der Waals surface area contributed by atoms with Crippen molar-refractivity contribution >= 4 is 11.9 Å². The van der Waals surface area contributed by atoms with Gasteiger partial charge < -0.3 is 14.6 Å². The Hall–Kier alpha value is -2.14. The normalized spacial score (nSPS) is 11.5. The predicted octanol–water partition coefficient (Wildman–Crippen LogP) is 1.63. The number of hydrogen-bond donors (Lipinski definition) is 1. The Kier molecular flexibility index (Phi) is 5.26. The minimum absolute atomic E-state index is 0.0485. The molecule has 1 unspecified atom stereocenters. The number of carbonyl (C=O) groups excluding carboxylic acids is 2. The second-order valence-corrected chi connectivity index (χ2v) is 3.76. The van der Waals surface area contributed by atoms with Gasteiger partial charge in [-0.05, 0) is 24.6 Å². The van der Waals surface area contributed by atoms with E-state index in [9.17, 15) is 14.7 Å². The van der Waals surface area contributed by atoms with E-state index in [0.29, 0.717) is 11.1 Å². The van der Waals surface area contributed by atoms with E-state index in [0.717, 1.165) is 0 Å². The molecule has 0 radical (unpaired) electrons. The highest BCUT2D eigenvalue weighted by Crippen LogP contribution is 2.21. The number of hydrogen-bond acceptors (Lipinski definition) is 5. The topological polar surface area (TPSA) is 72.8 Å². The third-order valence-electron chi connectivity index (χ3n) is 2.52. The summed E-state index contributed by atoms with van der Waals surface area (Å²) in [5.41, 5.74) is 0.763. The molecule has 0 saturated heterocycles. The SMILES string of the molecule is C=C(C(=O)OCC)C(O)c1ccc(C(=O)OC)cc1. The Balaban J connectivity index is 2.83. The fourth-order valence-corrected chi connectivity index (χ4v) is 1.46. The van der Waals surface area contributed by atoms with Gasteiger partial charge in [0.2, 0.25) is 0 Å². The van der Waals surface area contributed by atoms with Crippen molar-refractivity contribution in [3.63, 3.8) is 0 Å². The van der Waals surface area contributed by atoms with Crippen molar-refractivity contribution in [1.29, 1.82) is 0 Å². The molecule has 0 aromatic heterocycles. The summed E-state index contributed by atoms with van der Waals surface area (Å²) in [4.78, 5) is 22.7. The van der Waals surface area contributed by atoms with Gasteiger partial charge in [-0.1, -0.05) is 18.7 Å². The lowest BCUT2D eigenvalue weighted by atomic mass is 10.0. The van der Waals surface area contributed by atoms with Crippen LogP contribution in [0.25, 0.3) is 0 Å². The number of rotatable bonds is 5. The van der Waals surface area contributed by atoms with Crippen LogP contribution in [-0.2, 0) is 14.3 Å². The van der Waals surface area contributed by atoms with E-state index in [4.69, 9.17) is 4.74 Å². The van der Waals surface area contributed by atoms with Crippen LogP contribution < -0.4 is 0 Å². The second-order valence-electron chi connectivity index (χ2n) is 3.76. The van der Waals surface area contributed by atoms with Crippen LogP contribution in [0.1, 0.15) is 28.9 Å². The second kappa shape index (κ2) is 6.70. The molecule has 0 amide bonds. The Labute approximate surface area is 111 Å². The van der Waals surface area contributed by atoms with Gasteiger partial charge in [0, 0.05) is 0 Å². The van der Waals surface area contributed by atoms with Crippen molar-refractivity contribution < 1.29 is 24.2 Å². The van der Waals surface area contributed by atoms with E-state index in [1.54, 1.807) is 6.92 Å². The molecule has 1 rings (SSSR count). The molecule has 0 spiro atoms. The van der Waals surface area contributed by atoms with Gasteiger partial charge in [0.05, 0.1) is 24.9 Å². The molecule has 0 aliphatic rings. The molecule has 5 heteroatoms. The van der Waals surface area contributed by atoms with E-state index < -0.39 is 18.0 Å². The average Bonchev–Trinajstić information content (AvgIpc) is 2.45. The van der Waals surface area contributed by atoms with Crippen molar-refractivity contribution in [1.82, 2.24) is 0 Å². The van der Waals surface area contributed by atoms with Crippen LogP contribution in [0, 0.1) is 0 Å². The zero-order chi connectivity index (χ0) is 14.4. The third-order valence-corrected chi connectivity index (χ3v) is 2.52. The molecule has 1 N–H and O–H groups in total. The summed E-state index contributed by atoms with van der Waals surface area (Å²) in [7, 11) is 1.29. The van der Waals surface area contributed by atoms with Gasteiger partial charge in [-0.2, -0.15) is 0 Å². The number of aliphatic hydroxyl groups excluding tert-OH is 1. The van der Waals surface area contributed by atoms with Crippen LogP contribution in [0.4, 0.5) is 0 Å². The molecule has 0 saturated carbocycles. The van der Waals surface area contributed by atoms with Gasteiger partial charge in [-0.15, -0.1) is 0 Å². The number of esters is 2. The van der Waals surface area contributed by atoms with Gasteiger partial charge in [0.15, 0.2) is 0 Å². The van der Waals surface area contributed by atoms with Crippen LogP contribution >= 0.6 is 0 Å². The van der Waals surface area contributed by atoms with Gasteiger partial charge in [-0.25, -0.2) is 9.59 Å². The minimum Gasteiger partial charge on any atom is -0.465 e. The zero-order valence-corrected chi connectivity index (χ0v) is 10.9. The van der Waals surface area contributed by atoms with Crippen LogP contribution in [0.2, 0.25) is 0 Å². The maximum Gasteiger partial charge on any atom is 0.337 e. The first kappa shape index (κ1) is 14.9. The van der Waals surface area contributed by atoms with Gasteiger partial charge >= 0.3 is 11.9 Å². The Morgan fingerprint density at radius 3 is 2.37 bits per heavy atom. The quantitative estimate of drug-likeness (QED) is 0.646. The van der Waals surface area contributed by atoms with Crippen molar-refractivity contribution in [2.75, 3.05) is 13.7 Å². The number of carbonyl (C=O) groups is 2. The predicted molar refractivity (Wildman–Crippen MR) is 68.5 cm³/mol. The lowest BCUT2D eigenvalue weighted by molar-refractivity contribution is -0.139. The van der Waals surface area contributed by atoms with Gasteiger partial charge in [0.1, 0.15) is 6.10 Å². The third kappa shape index (κ3) is 3.66. The Morgan fingerprint density at radius 2 is 1.89 bits per heavy atom. The van der Waals surface area contributed by atoms with Crippen LogP contribution in [0.3, 0.4) is 0 Å². The van der Waals surface area contributed by atoms with Crippen LogP contribution in [-0.4, -0.2) is 30.8 Å². The number of methoxy groups -OCH3 is 1. The van der Waals surface area contributed by atoms with E-state index in [1.165, 1.54) is 31.4 Å². The molecule has 1 aromatic rings. The molecule has 0 aliphatic heterocycles. The fourth-order valence-electron chi connectivity index (χ4n) is 1.46. The molecule has 0 aliphatic carbocycles. The maximum absolute atomic E-state index is 11.4. The van der Waals surface area contributed by atoms with E-state index in [-0.39, 0.29) is 12.2 Å². The molecule has 1 atom stereocenters. The number of aliphatic hydroxyl groups is 1. The highest BCUT2D eigenvalue weighted by molar-refractivity contribution is 5.90. The Morgan fingerprint density at radius 1 is 1.32 bits per heavy atom. The largest absolute Gasteiger partial charge is 0.465 e. The molecular formula is C14H16O5. The van der Waals surface area contributed by atoms with Crippen molar-refractivity contribution in [2.45, 2.75) is 13.0 Å². The summed E-state index contributed by atoms with van der Waals surface area (Å²) < 4.78 is 9.31. The molecule has 0 heterocycles. The van der Waals surface area contributed by atoms with Gasteiger partial charge in [0.25, 0.3) is 0 Å². The highest BCUT2D eigenvalue weighted by Gasteiger charge is 2.19. The molecule has 1 aromatic carbocycles. The standard InChI is InChI=1S/C14H16O5/c1-4-19-13(16)9(2)12(15)10-5-7-11(8-6-10)14(17)18-3/h5-8,12,15H,2,4H2,1,3H3. The number of ether oxygens (including phenoxy) is 2. The first-order chi connectivity index (χ1) is 9.01. The summed E-state index contributed by atoms with van der Waals surface area (Å²) >= 11 is 0. The zero-order valence-electron chi connectivity index (χ0n) is 10.9. The molecule has 0 bridgehead atoms. The fraction of sp³-hybridized carbons (Fsp3) is 0.286. The van der Waals surface area contributed by atoms with Crippen LogP contribution in [0.15, 0.2) is 36.4 Å². The lowest BCUT2D eigenvalue weighted by Gasteiger charge is -2.13. The van der Waals surface area contributed by atoms with Crippen molar-refractivity contribution in [3.8, 4) is 0 Å². The minimum atomic E-state index is -1.16. The first-order valence-corrected chi connectivity index (χ1v) is 5.73. The van der Waals surface area contributed by atoms with E-state index in [1.807, 2.05) is 0 Å². The summed E-state index contributed by atoms with van der Waals surface area (Å²) in [5.74, 6) is -1.11. The summed E-state index contributed by atoms with van der Waals surface area (Å²) in [6.45, 7) is 5.39. The summed E-state index contributed by atoms with van der Waals surface area (Å²) in [6, 6.07) is 6.06. The van der Waals surface area contributed by atoms with Crippen LogP contribution in [0.5, 0.6) is 0 Å². The smallest absolute Gasteiger partial charge is 0.337 e. The molecule has 102 valence electrons. The summed E-state index contributed by atoms with van der Waals surface area (Å²) in [6.07, 6.45) is -1.16. The molecule has 5 nitrogen and oxygen atoms in total. The molecule has 19 heavy (non-hydrogen) atoms. The van der Waals surface area contributed by atoms with E-state index >= 15 is 0 Å². The lowest BCUT2D eigenvalue weighted by Crippen LogP contribution is -2.13. The first-order valence-electron chi connectivity index (χ1n) is 5.73. The molecule has 0 fully saturated rings.